The minimum Gasteiger partial charge on any atom is -0.369 e. The number of anilines is 1. The monoisotopic (exact) mass is 309 g/mol. The Morgan fingerprint density at radius 1 is 1.48 bits per heavy atom. The summed E-state index contributed by atoms with van der Waals surface area (Å²) >= 11 is 6.43. The van der Waals surface area contributed by atoms with Crippen molar-refractivity contribution < 1.29 is 4.79 Å². The third-order valence-corrected chi connectivity index (χ3v) is 4.30. The Kier molecular flexibility index (Phi) is 5.88. The van der Waals surface area contributed by atoms with E-state index in [-0.39, 0.29) is 11.8 Å². The highest BCUT2D eigenvalue weighted by molar-refractivity contribution is 6.33. The lowest BCUT2D eigenvalue weighted by molar-refractivity contribution is -0.124. The number of benzene rings is 1. The maximum atomic E-state index is 11.9. The van der Waals surface area contributed by atoms with Crippen molar-refractivity contribution in [2.24, 2.45) is 5.92 Å². The molecule has 1 aliphatic heterocycles. The molecule has 1 aromatic carbocycles. The number of hydrogen-bond donors (Lipinski definition) is 2. The fourth-order valence-corrected chi connectivity index (χ4v) is 3.23. The first-order chi connectivity index (χ1) is 10.2. The molecule has 1 aliphatic rings. The highest BCUT2D eigenvalue weighted by Gasteiger charge is 2.27. The van der Waals surface area contributed by atoms with Gasteiger partial charge < -0.3 is 15.5 Å². The summed E-state index contributed by atoms with van der Waals surface area (Å²) in [4.78, 5) is 14.2. The molecule has 0 spiro atoms. The molecule has 1 atom stereocenters. The molecule has 0 saturated carbocycles. The number of nitrogens with zero attached hydrogens (tertiary/aromatic N) is 1. The minimum absolute atomic E-state index is 0.0482. The Labute approximate surface area is 131 Å². The lowest BCUT2D eigenvalue weighted by Gasteiger charge is -2.35. The number of carbonyl (C=O) groups is 1. The van der Waals surface area contributed by atoms with Crippen molar-refractivity contribution in [3.63, 3.8) is 0 Å². The second kappa shape index (κ2) is 7.66. The number of nitrogens with one attached hydrogen (secondary N) is 2. The van der Waals surface area contributed by atoms with Crippen molar-refractivity contribution in [1.29, 1.82) is 0 Å². The number of halogens is 1. The average molecular weight is 310 g/mol. The molecule has 2 N–H and O–H groups in total. The quantitative estimate of drug-likeness (QED) is 0.878. The van der Waals surface area contributed by atoms with Crippen molar-refractivity contribution in [3.8, 4) is 0 Å². The molecule has 1 unspecified atom stereocenters. The van der Waals surface area contributed by atoms with Gasteiger partial charge in [-0.1, -0.05) is 30.7 Å². The van der Waals surface area contributed by atoms with Gasteiger partial charge >= 0.3 is 0 Å². The fraction of sp³-hybridized carbons (Fsp3) is 0.562. The van der Waals surface area contributed by atoms with E-state index in [1.807, 2.05) is 12.1 Å². The van der Waals surface area contributed by atoms with Gasteiger partial charge in [0, 0.05) is 26.7 Å². The Morgan fingerprint density at radius 3 is 3.00 bits per heavy atom. The van der Waals surface area contributed by atoms with Crippen LogP contribution >= 0.6 is 11.6 Å². The van der Waals surface area contributed by atoms with Gasteiger partial charge in [0.15, 0.2) is 0 Å². The van der Waals surface area contributed by atoms with E-state index in [9.17, 15) is 4.79 Å². The summed E-state index contributed by atoms with van der Waals surface area (Å²) < 4.78 is 0. The summed E-state index contributed by atoms with van der Waals surface area (Å²) in [5.41, 5.74) is 2.27. The first kappa shape index (κ1) is 16.1. The normalized spacial score (nSPS) is 18.6. The lowest BCUT2D eigenvalue weighted by atomic mass is 9.96. The summed E-state index contributed by atoms with van der Waals surface area (Å²) in [6.07, 6.45) is 1.97. The molecule has 0 radical (unpaired) electrons. The van der Waals surface area contributed by atoms with Crippen LogP contribution in [0.15, 0.2) is 18.2 Å². The first-order valence-corrected chi connectivity index (χ1v) is 7.99. The molecule has 1 heterocycles. The molecule has 21 heavy (non-hydrogen) atoms. The number of amides is 1. The molecule has 2 rings (SSSR count). The van der Waals surface area contributed by atoms with Gasteiger partial charge in [-0.15, -0.1) is 0 Å². The molecule has 0 aliphatic carbocycles. The van der Waals surface area contributed by atoms with Crippen molar-refractivity contribution in [1.82, 2.24) is 10.6 Å². The van der Waals surface area contributed by atoms with Crippen LogP contribution in [0, 0.1) is 5.92 Å². The Balaban J connectivity index is 2.21. The summed E-state index contributed by atoms with van der Waals surface area (Å²) in [7, 11) is 1.70. The van der Waals surface area contributed by atoms with Crippen LogP contribution in [0.4, 0.5) is 5.69 Å². The fourth-order valence-electron chi connectivity index (χ4n) is 2.91. The molecule has 116 valence electrons. The second-order valence-electron chi connectivity index (χ2n) is 5.43. The van der Waals surface area contributed by atoms with Gasteiger partial charge in [0.25, 0.3) is 0 Å². The molecule has 5 heteroatoms. The first-order valence-electron chi connectivity index (χ1n) is 7.62. The molecule has 0 aromatic heterocycles. The lowest BCUT2D eigenvalue weighted by Crippen LogP contribution is -2.42. The van der Waals surface area contributed by atoms with Crippen LogP contribution in [0.3, 0.4) is 0 Å². The minimum atomic E-state index is 0.0482. The maximum absolute atomic E-state index is 11.9. The van der Waals surface area contributed by atoms with Crippen LogP contribution in [0.25, 0.3) is 0 Å². The number of para-hydroxylation sites is 1. The molecule has 0 bridgehead atoms. The number of hydrogen-bond acceptors (Lipinski definition) is 3. The van der Waals surface area contributed by atoms with Gasteiger partial charge in [0.2, 0.25) is 5.91 Å². The zero-order chi connectivity index (χ0) is 15.2. The van der Waals surface area contributed by atoms with Gasteiger partial charge in [0.05, 0.1) is 16.6 Å². The molecular formula is C16H24ClN3O. The van der Waals surface area contributed by atoms with Crippen LogP contribution in [0.2, 0.25) is 5.02 Å². The molecule has 1 saturated heterocycles. The van der Waals surface area contributed by atoms with E-state index in [4.69, 9.17) is 11.6 Å². The van der Waals surface area contributed by atoms with Gasteiger partial charge in [-0.2, -0.15) is 0 Å². The van der Waals surface area contributed by atoms with Gasteiger partial charge in [-0.25, -0.2) is 0 Å². The van der Waals surface area contributed by atoms with Crippen molar-refractivity contribution in [3.05, 3.63) is 28.8 Å². The van der Waals surface area contributed by atoms with E-state index in [1.165, 1.54) is 5.56 Å². The predicted octanol–water partition coefficient (Wildman–Crippen LogP) is 2.41. The van der Waals surface area contributed by atoms with Gasteiger partial charge in [-0.05, 0) is 31.0 Å². The summed E-state index contributed by atoms with van der Waals surface area (Å²) in [5, 5.41) is 6.88. The third-order valence-electron chi connectivity index (χ3n) is 3.99. The van der Waals surface area contributed by atoms with E-state index in [0.29, 0.717) is 0 Å². The topological polar surface area (TPSA) is 44.4 Å². The van der Waals surface area contributed by atoms with Crippen LogP contribution in [0.5, 0.6) is 0 Å². The summed E-state index contributed by atoms with van der Waals surface area (Å²) in [6.45, 7) is 5.51. The Morgan fingerprint density at radius 2 is 2.29 bits per heavy atom. The average Bonchev–Trinajstić information content (AvgIpc) is 2.52. The van der Waals surface area contributed by atoms with Crippen LogP contribution in [-0.2, 0) is 11.3 Å². The Bertz CT molecular complexity index is 492. The van der Waals surface area contributed by atoms with E-state index < -0.39 is 0 Å². The van der Waals surface area contributed by atoms with E-state index in [0.717, 1.165) is 49.7 Å². The standard InChI is InChI=1S/C16H24ClN3O/c1-3-19-10-12-6-4-8-14(17)15(12)20-9-5-7-13(11-20)16(21)18-2/h4,6,8,13,19H,3,5,7,9-11H2,1-2H3,(H,18,21). The van der Waals surface area contributed by atoms with Gasteiger partial charge in [0.1, 0.15) is 0 Å². The Hall–Kier alpha value is -1.26. The second-order valence-corrected chi connectivity index (χ2v) is 5.83. The zero-order valence-electron chi connectivity index (χ0n) is 12.8. The summed E-state index contributed by atoms with van der Waals surface area (Å²) in [5.74, 6) is 0.173. The number of piperidine rings is 1. The zero-order valence-corrected chi connectivity index (χ0v) is 13.5. The molecule has 1 amide bonds. The van der Waals surface area contributed by atoms with Crippen LogP contribution in [-0.4, -0.2) is 32.6 Å². The SMILES string of the molecule is CCNCc1cccc(Cl)c1N1CCCC(C(=O)NC)C1. The van der Waals surface area contributed by atoms with Gasteiger partial charge in [-0.3, -0.25) is 4.79 Å². The van der Waals surface area contributed by atoms with E-state index in [1.54, 1.807) is 7.05 Å². The number of rotatable bonds is 5. The largest absolute Gasteiger partial charge is 0.369 e. The van der Waals surface area contributed by atoms with E-state index >= 15 is 0 Å². The van der Waals surface area contributed by atoms with Crippen molar-refractivity contribution in [2.75, 3.05) is 31.6 Å². The van der Waals surface area contributed by atoms with Crippen LogP contribution in [0.1, 0.15) is 25.3 Å². The van der Waals surface area contributed by atoms with E-state index in [2.05, 4.69) is 28.5 Å². The van der Waals surface area contributed by atoms with Crippen LogP contribution < -0.4 is 15.5 Å². The maximum Gasteiger partial charge on any atom is 0.224 e. The highest BCUT2D eigenvalue weighted by Crippen LogP contribution is 2.33. The smallest absolute Gasteiger partial charge is 0.224 e. The molecular weight excluding hydrogens is 286 g/mol. The third kappa shape index (κ3) is 3.89. The van der Waals surface area contributed by atoms with Crippen molar-refractivity contribution >= 4 is 23.2 Å². The summed E-state index contributed by atoms with van der Waals surface area (Å²) in [6, 6.07) is 6.02. The molecule has 1 aromatic rings. The highest BCUT2D eigenvalue weighted by atomic mass is 35.5. The van der Waals surface area contributed by atoms with Crippen molar-refractivity contribution in [2.45, 2.75) is 26.3 Å². The molecule has 4 nitrogen and oxygen atoms in total. The number of carbonyl (C=O) groups excluding carboxylic acids is 1. The predicted molar refractivity (Wildman–Crippen MR) is 87.8 cm³/mol. The molecule has 1 fully saturated rings.